The van der Waals surface area contributed by atoms with E-state index in [1.807, 2.05) is 6.92 Å². The first-order valence-electron chi connectivity index (χ1n) is 5.51. The third-order valence-corrected chi connectivity index (χ3v) is 2.82. The minimum Gasteiger partial charge on any atom is -0.418 e. The zero-order chi connectivity index (χ0) is 10.8. The zero-order valence-electron chi connectivity index (χ0n) is 9.97. The maximum Gasteiger partial charge on any atom is 0.229 e. The molecule has 0 saturated heterocycles. The van der Waals surface area contributed by atoms with Gasteiger partial charge in [-0.05, 0) is 38.7 Å². The molecule has 0 aromatic carbocycles. The van der Waals surface area contributed by atoms with Crippen LogP contribution in [0.1, 0.15) is 40.5 Å². The normalized spacial score (nSPS) is 12.5. The van der Waals surface area contributed by atoms with Gasteiger partial charge >= 0.3 is 0 Å². The molecule has 0 aliphatic heterocycles. The standard InChI is InChI=1S/C11H23NOSi/c1-5-13-14-8-6-7-12-11(4)9-10(2)3/h10H,5-9H2,1-4H3. The Hall–Kier alpha value is -0.153. The van der Waals surface area contributed by atoms with Crippen LogP contribution in [0.15, 0.2) is 4.99 Å². The zero-order valence-corrected chi connectivity index (χ0v) is 11.0. The lowest BCUT2D eigenvalue weighted by Gasteiger charge is -2.03. The van der Waals surface area contributed by atoms with Crippen molar-refractivity contribution in [2.24, 2.45) is 10.9 Å². The van der Waals surface area contributed by atoms with Crippen LogP contribution >= 0.6 is 0 Å². The molecule has 2 nitrogen and oxygen atoms in total. The molecule has 82 valence electrons. The molecule has 0 atom stereocenters. The fourth-order valence-electron chi connectivity index (χ4n) is 1.25. The van der Waals surface area contributed by atoms with Gasteiger partial charge in [0.05, 0.1) is 0 Å². The maximum absolute atomic E-state index is 5.28. The van der Waals surface area contributed by atoms with Gasteiger partial charge in [-0.15, -0.1) is 0 Å². The second kappa shape index (κ2) is 9.40. The van der Waals surface area contributed by atoms with Crippen LogP contribution in [-0.2, 0) is 4.43 Å². The fraction of sp³-hybridized carbons (Fsp3) is 0.909. The number of hydrogen-bond donors (Lipinski definition) is 0. The summed E-state index contributed by atoms with van der Waals surface area (Å²) in [5, 5.41) is 0. The Morgan fingerprint density at radius 3 is 2.71 bits per heavy atom. The Morgan fingerprint density at radius 2 is 2.14 bits per heavy atom. The van der Waals surface area contributed by atoms with Gasteiger partial charge in [-0.1, -0.05) is 13.8 Å². The van der Waals surface area contributed by atoms with Crippen molar-refractivity contribution in [1.82, 2.24) is 0 Å². The van der Waals surface area contributed by atoms with Gasteiger partial charge in [-0.2, -0.15) is 0 Å². The second-order valence-electron chi connectivity index (χ2n) is 3.90. The molecule has 0 bridgehead atoms. The van der Waals surface area contributed by atoms with Crippen molar-refractivity contribution in [3.8, 4) is 0 Å². The Morgan fingerprint density at radius 1 is 1.43 bits per heavy atom. The molecule has 3 heteroatoms. The third-order valence-electron chi connectivity index (χ3n) is 1.77. The van der Waals surface area contributed by atoms with Gasteiger partial charge in [0.15, 0.2) is 0 Å². The van der Waals surface area contributed by atoms with E-state index in [-0.39, 0.29) is 0 Å². The van der Waals surface area contributed by atoms with Gasteiger partial charge in [0, 0.05) is 18.9 Å². The van der Waals surface area contributed by atoms with Crippen molar-refractivity contribution >= 4 is 15.5 Å². The highest BCUT2D eigenvalue weighted by Crippen LogP contribution is 2.01. The van der Waals surface area contributed by atoms with Crippen molar-refractivity contribution in [3.63, 3.8) is 0 Å². The molecule has 0 spiro atoms. The first-order chi connectivity index (χ1) is 6.66. The summed E-state index contributed by atoms with van der Waals surface area (Å²) in [5.41, 5.74) is 1.29. The number of aliphatic imine (C=N–C) groups is 1. The topological polar surface area (TPSA) is 21.6 Å². The van der Waals surface area contributed by atoms with Crippen LogP contribution < -0.4 is 0 Å². The Bertz CT molecular complexity index is 157. The minimum absolute atomic E-state index is 0.662. The van der Waals surface area contributed by atoms with Gasteiger partial charge in [0.25, 0.3) is 0 Å². The van der Waals surface area contributed by atoms with E-state index in [9.17, 15) is 0 Å². The number of nitrogens with zero attached hydrogens (tertiary/aromatic N) is 1. The van der Waals surface area contributed by atoms with Crippen molar-refractivity contribution in [2.75, 3.05) is 13.2 Å². The Kier molecular flexibility index (Phi) is 9.30. The summed E-state index contributed by atoms with van der Waals surface area (Å²) in [5.74, 6) is 0.726. The maximum atomic E-state index is 5.28. The molecule has 0 saturated carbocycles. The van der Waals surface area contributed by atoms with Gasteiger partial charge in [0.1, 0.15) is 0 Å². The second-order valence-corrected chi connectivity index (χ2v) is 4.97. The van der Waals surface area contributed by atoms with Gasteiger partial charge in [0.2, 0.25) is 9.76 Å². The molecule has 0 aromatic heterocycles. The van der Waals surface area contributed by atoms with Crippen molar-refractivity contribution < 1.29 is 4.43 Å². The molecule has 14 heavy (non-hydrogen) atoms. The fourth-order valence-corrected chi connectivity index (χ4v) is 1.90. The van der Waals surface area contributed by atoms with Gasteiger partial charge in [-0.3, -0.25) is 4.99 Å². The smallest absolute Gasteiger partial charge is 0.229 e. The molecular formula is C11H23NOSi. The summed E-state index contributed by atoms with van der Waals surface area (Å²) in [6.45, 7) is 10.4. The van der Waals surface area contributed by atoms with Crippen LogP contribution in [0, 0.1) is 5.92 Å². The molecule has 0 rings (SSSR count). The highest BCUT2D eigenvalue weighted by Gasteiger charge is 1.96. The van der Waals surface area contributed by atoms with Crippen LogP contribution in [0.25, 0.3) is 0 Å². The van der Waals surface area contributed by atoms with E-state index in [0.717, 1.165) is 38.0 Å². The van der Waals surface area contributed by atoms with E-state index in [1.165, 1.54) is 5.71 Å². The molecule has 0 fully saturated rings. The Balaban J connectivity index is 3.32. The van der Waals surface area contributed by atoms with Gasteiger partial charge in [-0.25, -0.2) is 0 Å². The molecule has 0 aliphatic rings. The van der Waals surface area contributed by atoms with E-state index in [1.54, 1.807) is 0 Å². The molecule has 0 heterocycles. The summed E-state index contributed by atoms with van der Waals surface area (Å²) in [6.07, 6.45) is 2.29. The summed E-state index contributed by atoms with van der Waals surface area (Å²) < 4.78 is 5.28. The molecule has 0 unspecified atom stereocenters. The molecule has 0 aliphatic carbocycles. The average Bonchev–Trinajstić information content (AvgIpc) is 2.10. The first kappa shape index (κ1) is 13.8. The van der Waals surface area contributed by atoms with Crippen molar-refractivity contribution in [1.29, 1.82) is 0 Å². The molecule has 0 aromatic rings. The molecular weight excluding hydrogens is 190 g/mol. The van der Waals surface area contributed by atoms with Crippen LogP contribution in [0.5, 0.6) is 0 Å². The summed E-state index contributed by atoms with van der Waals surface area (Å²) in [7, 11) is 0.662. The highest BCUT2D eigenvalue weighted by atomic mass is 28.2. The lowest BCUT2D eigenvalue weighted by atomic mass is 10.1. The van der Waals surface area contributed by atoms with Crippen molar-refractivity contribution in [2.45, 2.75) is 46.6 Å². The largest absolute Gasteiger partial charge is 0.418 e. The van der Waals surface area contributed by atoms with Crippen molar-refractivity contribution in [3.05, 3.63) is 0 Å². The quantitative estimate of drug-likeness (QED) is 0.345. The number of rotatable bonds is 8. The van der Waals surface area contributed by atoms with E-state index in [2.05, 4.69) is 25.8 Å². The monoisotopic (exact) mass is 213 g/mol. The third kappa shape index (κ3) is 9.93. The minimum atomic E-state index is 0.662. The van der Waals surface area contributed by atoms with Crippen LogP contribution in [0.2, 0.25) is 6.04 Å². The van der Waals surface area contributed by atoms with Gasteiger partial charge < -0.3 is 4.43 Å². The highest BCUT2D eigenvalue weighted by molar-refractivity contribution is 6.26. The predicted octanol–water partition coefficient (Wildman–Crippen LogP) is 2.96. The summed E-state index contributed by atoms with van der Waals surface area (Å²) in [4.78, 5) is 4.53. The van der Waals surface area contributed by atoms with E-state index in [0.29, 0.717) is 9.76 Å². The van der Waals surface area contributed by atoms with Crippen LogP contribution in [0.3, 0.4) is 0 Å². The summed E-state index contributed by atoms with van der Waals surface area (Å²) in [6, 6.07) is 1.16. The molecule has 0 amide bonds. The lowest BCUT2D eigenvalue weighted by Crippen LogP contribution is -2.01. The van der Waals surface area contributed by atoms with E-state index in [4.69, 9.17) is 4.43 Å². The predicted molar refractivity (Wildman–Crippen MR) is 64.2 cm³/mol. The van der Waals surface area contributed by atoms with E-state index < -0.39 is 0 Å². The van der Waals surface area contributed by atoms with E-state index >= 15 is 0 Å². The Labute approximate surface area is 91.1 Å². The number of hydrogen-bond acceptors (Lipinski definition) is 2. The SMILES string of the molecule is CCO[Si]CCCN=C(C)CC(C)C. The van der Waals surface area contributed by atoms with Crippen LogP contribution in [-0.4, -0.2) is 28.6 Å². The lowest BCUT2D eigenvalue weighted by molar-refractivity contribution is 0.359. The van der Waals surface area contributed by atoms with Crippen LogP contribution in [0.4, 0.5) is 0 Å². The summed E-state index contributed by atoms with van der Waals surface area (Å²) >= 11 is 0. The molecule has 2 radical (unpaired) electrons. The molecule has 0 N–H and O–H groups in total. The first-order valence-corrected chi connectivity index (χ1v) is 6.63. The average molecular weight is 213 g/mol.